The van der Waals surface area contributed by atoms with Gasteiger partial charge in [0.25, 0.3) is 0 Å². The van der Waals surface area contributed by atoms with Crippen molar-refractivity contribution in [1.82, 2.24) is 15.3 Å². The zero-order chi connectivity index (χ0) is 9.26. The van der Waals surface area contributed by atoms with Crippen molar-refractivity contribution in [3.05, 3.63) is 0 Å². The third kappa shape index (κ3) is 2.15. The highest BCUT2D eigenvalue weighted by molar-refractivity contribution is 8.00. The first-order valence-electron chi connectivity index (χ1n) is 4.68. The number of hydrogen-bond donors (Lipinski definition) is 1. The molecule has 2 fully saturated rings. The topological polar surface area (TPSA) is 18.5 Å². The summed E-state index contributed by atoms with van der Waals surface area (Å²) < 4.78 is 0. The Morgan fingerprint density at radius 3 is 3.00 bits per heavy atom. The minimum absolute atomic E-state index is 0.487. The van der Waals surface area contributed by atoms with Crippen LogP contribution in [0.2, 0.25) is 0 Å². The van der Waals surface area contributed by atoms with Crippen molar-refractivity contribution in [2.45, 2.75) is 23.7 Å². The Hall–Kier alpha value is 0.580. The Kier molecular flexibility index (Phi) is 3.42. The monoisotopic (exact) mass is 219 g/mol. The second-order valence-electron chi connectivity index (χ2n) is 3.54. The second kappa shape index (κ2) is 4.40. The highest BCUT2D eigenvalue weighted by Crippen LogP contribution is 2.33. The second-order valence-corrected chi connectivity index (χ2v) is 5.74. The molecule has 0 spiro atoms. The van der Waals surface area contributed by atoms with Crippen LogP contribution in [0.25, 0.3) is 0 Å². The molecule has 2 atom stereocenters. The van der Waals surface area contributed by atoms with Gasteiger partial charge in [-0.3, -0.25) is 4.90 Å². The highest BCUT2D eigenvalue weighted by Gasteiger charge is 2.34. The van der Waals surface area contributed by atoms with Gasteiger partial charge in [0, 0.05) is 7.05 Å². The lowest BCUT2D eigenvalue weighted by Crippen LogP contribution is -2.37. The van der Waals surface area contributed by atoms with Crippen LogP contribution in [0.3, 0.4) is 0 Å². The zero-order valence-electron chi connectivity index (χ0n) is 8.19. The molecule has 3 nitrogen and oxygen atoms in total. The summed E-state index contributed by atoms with van der Waals surface area (Å²) in [4.78, 5) is 2.56. The molecular weight excluding hydrogens is 202 g/mol. The molecule has 0 aromatic heterocycles. The first-order valence-corrected chi connectivity index (χ1v) is 7.02. The largest absolute Gasteiger partial charge is 0.252 e. The van der Waals surface area contributed by atoms with Gasteiger partial charge in [-0.2, -0.15) is 0 Å². The summed E-state index contributed by atoms with van der Waals surface area (Å²) in [5.41, 5.74) is 3.93. The molecule has 1 N–H and O–H groups in total. The molecule has 0 amide bonds. The molecule has 2 aliphatic heterocycles. The summed E-state index contributed by atoms with van der Waals surface area (Å²) in [6.45, 7) is 1.06. The van der Waals surface area contributed by atoms with E-state index < -0.39 is 0 Å². The standard InChI is InChI=1S/C8H17N3S2/c1-10-6-11(8(9-10)12-2)7-4-3-5-13-7/h7-9H,3-6H2,1-2H3. The summed E-state index contributed by atoms with van der Waals surface area (Å²) in [5, 5.41) is 2.93. The van der Waals surface area contributed by atoms with Crippen LogP contribution >= 0.6 is 23.5 Å². The van der Waals surface area contributed by atoms with E-state index in [9.17, 15) is 0 Å². The molecule has 5 heteroatoms. The Labute approximate surface area is 88.6 Å². The molecule has 0 saturated carbocycles. The van der Waals surface area contributed by atoms with E-state index in [1.165, 1.54) is 18.6 Å². The van der Waals surface area contributed by atoms with E-state index in [1.54, 1.807) is 0 Å². The van der Waals surface area contributed by atoms with Crippen molar-refractivity contribution in [3.63, 3.8) is 0 Å². The number of thioether (sulfide) groups is 2. The Bertz CT molecular complexity index is 171. The number of hydrazine groups is 1. The Morgan fingerprint density at radius 1 is 1.54 bits per heavy atom. The van der Waals surface area contributed by atoms with E-state index in [0.29, 0.717) is 5.50 Å². The zero-order valence-corrected chi connectivity index (χ0v) is 9.83. The van der Waals surface area contributed by atoms with E-state index in [4.69, 9.17) is 0 Å². The van der Waals surface area contributed by atoms with Crippen LogP contribution in [0.1, 0.15) is 12.8 Å². The third-order valence-corrected chi connectivity index (χ3v) is 4.74. The first-order chi connectivity index (χ1) is 6.31. The minimum Gasteiger partial charge on any atom is -0.252 e. The molecule has 0 bridgehead atoms. The number of nitrogens with one attached hydrogen (secondary N) is 1. The first kappa shape index (κ1) is 10.1. The van der Waals surface area contributed by atoms with Crippen LogP contribution in [0.5, 0.6) is 0 Å². The van der Waals surface area contributed by atoms with Crippen LogP contribution in [0.4, 0.5) is 0 Å². The fraction of sp³-hybridized carbons (Fsp3) is 1.00. The maximum absolute atomic E-state index is 3.44. The van der Waals surface area contributed by atoms with Crippen LogP contribution < -0.4 is 5.43 Å². The molecule has 13 heavy (non-hydrogen) atoms. The SMILES string of the molecule is CSC1NN(C)CN1C1CCCS1. The average Bonchev–Trinajstić information content (AvgIpc) is 2.71. The van der Waals surface area contributed by atoms with E-state index in [-0.39, 0.29) is 0 Å². The van der Waals surface area contributed by atoms with Gasteiger partial charge in [0.1, 0.15) is 5.50 Å². The van der Waals surface area contributed by atoms with Crippen molar-refractivity contribution >= 4 is 23.5 Å². The lowest BCUT2D eigenvalue weighted by atomic mass is 10.3. The molecule has 2 rings (SSSR count). The normalized spacial score (nSPS) is 37.4. The third-order valence-electron chi connectivity index (χ3n) is 2.51. The van der Waals surface area contributed by atoms with E-state index in [0.717, 1.165) is 12.0 Å². The molecule has 0 radical (unpaired) electrons. The van der Waals surface area contributed by atoms with E-state index in [2.05, 4.69) is 40.4 Å². The highest BCUT2D eigenvalue weighted by atomic mass is 32.2. The lowest BCUT2D eigenvalue weighted by Gasteiger charge is -2.26. The number of rotatable bonds is 2. The minimum atomic E-state index is 0.487. The molecular formula is C8H17N3S2. The summed E-state index contributed by atoms with van der Waals surface area (Å²) in [6, 6.07) is 0. The summed E-state index contributed by atoms with van der Waals surface area (Å²) >= 11 is 4.00. The number of hydrogen-bond acceptors (Lipinski definition) is 5. The maximum Gasteiger partial charge on any atom is 0.122 e. The van der Waals surface area contributed by atoms with Gasteiger partial charge in [0.05, 0.1) is 12.0 Å². The summed E-state index contributed by atoms with van der Waals surface area (Å²) in [7, 11) is 2.11. The van der Waals surface area contributed by atoms with Crippen molar-refractivity contribution in [2.75, 3.05) is 25.7 Å². The quantitative estimate of drug-likeness (QED) is 0.750. The lowest BCUT2D eigenvalue weighted by molar-refractivity contribution is 0.242. The van der Waals surface area contributed by atoms with Gasteiger partial charge in [-0.05, 0) is 24.9 Å². The fourth-order valence-corrected chi connectivity index (χ4v) is 4.04. The molecule has 0 aliphatic carbocycles. The Balaban J connectivity index is 1.96. The number of nitrogens with zero attached hydrogens (tertiary/aromatic N) is 2. The fourth-order valence-electron chi connectivity index (χ4n) is 1.88. The van der Waals surface area contributed by atoms with Gasteiger partial charge in [-0.1, -0.05) is 0 Å². The van der Waals surface area contributed by atoms with Crippen molar-refractivity contribution < 1.29 is 0 Å². The molecule has 2 heterocycles. The maximum atomic E-state index is 3.44. The molecule has 76 valence electrons. The summed E-state index contributed by atoms with van der Waals surface area (Å²) in [6.07, 6.45) is 4.91. The van der Waals surface area contributed by atoms with E-state index >= 15 is 0 Å². The smallest absolute Gasteiger partial charge is 0.122 e. The van der Waals surface area contributed by atoms with Gasteiger partial charge >= 0.3 is 0 Å². The van der Waals surface area contributed by atoms with Gasteiger partial charge < -0.3 is 0 Å². The molecule has 2 unspecified atom stereocenters. The van der Waals surface area contributed by atoms with Gasteiger partial charge in [-0.25, -0.2) is 10.4 Å². The van der Waals surface area contributed by atoms with Crippen molar-refractivity contribution in [2.24, 2.45) is 0 Å². The van der Waals surface area contributed by atoms with Gasteiger partial charge in [-0.15, -0.1) is 23.5 Å². The predicted molar refractivity (Wildman–Crippen MR) is 60.4 cm³/mol. The van der Waals surface area contributed by atoms with Crippen LogP contribution in [0.15, 0.2) is 0 Å². The van der Waals surface area contributed by atoms with Gasteiger partial charge in [0.15, 0.2) is 0 Å². The van der Waals surface area contributed by atoms with Crippen LogP contribution in [0, 0.1) is 0 Å². The van der Waals surface area contributed by atoms with Crippen LogP contribution in [-0.4, -0.2) is 46.5 Å². The van der Waals surface area contributed by atoms with Crippen LogP contribution in [-0.2, 0) is 0 Å². The summed E-state index contributed by atoms with van der Waals surface area (Å²) in [5.74, 6) is 1.34. The molecule has 0 aromatic rings. The van der Waals surface area contributed by atoms with Crippen molar-refractivity contribution in [1.29, 1.82) is 0 Å². The molecule has 2 aliphatic rings. The van der Waals surface area contributed by atoms with Crippen molar-refractivity contribution in [3.8, 4) is 0 Å². The van der Waals surface area contributed by atoms with Gasteiger partial charge in [0.2, 0.25) is 0 Å². The average molecular weight is 219 g/mol. The van der Waals surface area contributed by atoms with E-state index in [1.807, 2.05) is 11.8 Å². The Morgan fingerprint density at radius 2 is 2.38 bits per heavy atom. The predicted octanol–water partition coefficient (Wildman–Crippen LogP) is 1.20. The molecule has 0 aromatic carbocycles. The molecule has 2 saturated heterocycles.